The van der Waals surface area contributed by atoms with Gasteiger partial charge in [0.2, 0.25) is 0 Å². The van der Waals surface area contributed by atoms with Crippen molar-refractivity contribution in [1.82, 2.24) is 15.0 Å². The van der Waals surface area contributed by atoms with E-state index in [1.54, 1.807) is 0 Å². The Kier molecular flexibility index (Phi) is 2.66. The van der Waals surface area contributed by atoms with Crippen molar-refractivity contribution in [3.05, 3.63) is 24.3 Å². The summed E-state index contributed by atoms with van der Waals surface area (Å²) in [6.07, 6.45) is 0. The van der Waals surface area contributed by atoms with Crippen LogP contribution in [-0.4, -0.2) is 15.0 Å². The third kappa shape index (κ3) is 2.40. The summed E-state index contributed by atoms with van der Waals surface area (Å²) in [6.45, 7) is 6.89. The molecule has 3 heteroatoms. The van der Waals surface area contributed by atoms with Crippen LogP contribution in [0.2, 0.25) is 0 Å². The lowest BCUT2D eigenvalue weighted by Crippen LogP contribution is -2.02. The van der Waals surface area contributed by atoms with Crippen molar-refractivity contribution in [2.45, 2.75) is 27.3 Å². The van der Waals surface area contributed by atoms with Gasteiger partial charge in [-0.05, 0) is 32.9 Å². The zero-order chi connectivity index (χ0) is 11.6. The maximum Gasteiger partial charge on any atom is 0.113 e. The Balaban J connectivity index is 2.25. The quantitative estimate of drug-likeness (QED) is 0.681. The number of hydrogen-bond acceptors (Lipinski definition) is 2. The molecule has 0 fully saturated rings. The van der Waals surface area contributed by atoms with E-state index >= 15 is 0 Å². The second-order valence-electron chi connectivity index (χ2n) is 4.79. The summed E-state index contributed by atoms with van der Waals surface area (Å²) < 4.78 is 1.83. The van der Waals surface area contributed by atoms with Gasteiger partial charge in [-0.1, -0.05) is 29.2 Å². The van der Waals surface area contributed by atoms with Gasteiger partial charge in [0.05, 0.1) is 5.52 Å². The number of fused-ring (bicyclic) bond motifs is 1. The van der Waals surface area contributed by atoms with Gasteiger partial charge in [0.15, 0.2) is 0 Å². The molecule has 82 valence electrons. The smallest absolute Gasteiger partial charge is 0.113 e. The van der Waals surface area contributed by atoms with Crippen molar-refractivity contribution in [2.75, 3.05) is 0 Å². The van der Waals surface area contributed by atoms with Crippen molar-refractivity contribution < 1.29 is 0 Å². The molecule has 0 aliphatic heterocycles. The van der Waals surface area contributed by atoms with E-state index in [0.717, 1.165) is 11.0 Å². The highest BCUT2D eigenvalue weighted by molar-refractivity contribution is 5.73. The number of benzene rings is 1. The minimum absolute atomic E-state index is 0.0381. The maximum absolute atomic E-state index is 4.08. The number of hydrogen-bond donors (Lipinski definition) is 0. The Morgan fingerprint density at radius 2 is 2.00 bits per heavy atom. The first-order chi connectivity index (χ1) is 7.56. The summed E-state index contributed by atoms with van der Waals surface area (Å²) in [4.78, 5) is 0. The molecular weight excluding hydrogens is 198 g/mol. The van der Waals surface area contributed by atoms with Crippen molar-refractivity contribution in [3.63, 3.8) is 0 Å². The van der Waals surface area contributed by atoms with Gasteiger partial charge in [-0.3, -0.25) is 0 Å². The van der Waals surface area contributed by atoms with Crippen molar-refractivity contribution >= 4 is 11.0 Å². The molecule has 1 aromatic carbocycles. The molecule has 0 N–H and O–H groups in total. The standard InChI is InChI=1S/C13H15N3/c1-13(2,3)9-6-10-16-12-8-5-4-7-11(12)14-15-16/h4-5,7-8H,10H2,1-3H3. The van der Waals surface area contributed by atoms with E-state index in [4.69, 9.17) is 0 Å². The van der Waals surface area contributed by atoms with Crippen molar-refractivity contribution in [1.29, 1.82) is 0 Å². The summed E-state index contributed by atoms with van der Waals surface area (Å²) in [5, 5.41) is 8.16. The Bertz CT molecular complexity index is 550. The number of nitrogens with zero attached hydrogens (tertiary/aromatic N) is 3. The molecule has 1 heterocycles. The summed E-state index contributed by atoms with van der Waals surface area (Å²) in [5.74, 6) is 6.32. The zero-order valence-corrected chi connectivity index (χ0v) is 9.86. The minimum atomic E-state index is 0.0381. The lowest BCUT2D eigenvalue weighted by molar-refractivity contribution is 0.568. The van der Waals surface area contributed by atoms with Gasteiger partial charge < -0.3 is 0 Å². The normalized spacial score (nSPS) is 11.2. The third-order valence-corrected chi connectivity index (χ3v) is 2.11. The Hall–Kier alpha value is -1.82. The van der Waals surface area contributed by atoms with E-state index in [-0.39, 0.29) is 5.41 Å². The fourth-order valence-electron chi connectivity index (χ4n) is 1.41. The van der Waals surface area contributed by atoms with Crippen LogP contribution in [0, 0.1) is 17.3 Å². The van der Waals surface area contributed by atoms with Gasteiger partial charge in [0.25, 0.3) is 0 Å². The van der Waals surface area contributed by atoms with Gasteiger partial charge in [0.1, 0.15) is 12.1 Å². The van der Waals surface area contributed by atoms with E-state index in [1.807, 2.05) is 28.9 Å². The van der Waals surface area contributed by atoms with Crippen LogP contribution in [0.1, 0.15) is 20.8 Å². The van der Waals surface area contributed by atoms with Crippen molar-refractivity contribution in [3.8, 4) is 11.8 Å². The molecule has 0 bridgehead atoms. The van der Waals surface area contributed by atoms with Crippen molar-refractivity contribution in [2.24, 2.45) is 5.41 Å². The molecule has 1 aromatic heterocycles. The zero-order valence-electron chi connectivity index (χ0n) is 9.86. The second kappa shape index (κ2) is 3.97. The molecule has 0 unspecified atom stereocenters. The SMILES string of the molecule is CC(C)(C)C#CCn1nnc2ccccc21. The fraction of sp³-hybridized carbons (Fsp3) is 0.385. The van der Waals surface area contributed by atoms with E-state index < -0.39 is 0 Å². The van der Waals surface area contributed by atoms with Gasteiger partial charge in [-0.15, -0.1) is 5.10 Å². The first-order valence-electron chi connectivity index (χ1n) is 5.34. The van der Waals surface area contributed by atoms with Crippen LogP contribution in [0.4, 0.5) is 0 Å². The Labute approximate surface area is 95.5 Å². The fourth-order valence-corrected chi connectivity index (χ4v) is 1.41. The summed E-state index contributed by atoms with van der Waals surface area (Å²) >= 11 is 0. The van der Waals surface area contributed by atoms with Crippen LogP contribution in [0.25, 0.3) is 11.0 Å². The predicted molar refractivity (Wildman–Crippen MR) is 64.8 cm³/mol. The average Bonchev–Trinajstić information content (AvgIpc) is 2.60. The maximum atomic E-state index is 4.08. The van der Waals surface area contributed by atoms with Crippen LogP contribution in [0.15, 0.2) is 24.3 Å². The average molecular weight is 213 g/mol. The van der Waals surface area contributed by atoms with E-state index in [1.165, 1.54) is 0 Å². The molecule has 0 saturated heterocycles. The van der Waals surface area contributed by atoms with E-state index in [9.17, 15) is 0 Å². The highest BCUT2D eigenvalue weighted by atomic mass is 15.4. The van der Waals surface area contributed by atoms with E-state index in [0.29, 0.717) is 6.54 Å². The van der Waals surface area contributed by atoms with Gasteiger partial charge in [0, 0.05) is 5.41 Å². The molecule has 2 aromatic rings. The summed E-state index contributed by atoms with van der Waals surface area (Å²) in [6, 6.07) is 7.91. The van der Waals surface area contributed by atoms with Crippen LogP contribution >= 0.6 is 0 Å². The first-order valence-corrected chi connectivity index (χ1v) is 5.34. The molecule has 0 saturated carbocycles. The molecule has 0 aliphatic carbocycles. The number of aromatic nitrogens is 3. The van der Waals surface area contributed by atoms with Gasteiger partial charge >= 0.3 is 0 Å². The summed E-state index contributed by atoms with van der Waals surface area (Å²) in [7, 11) is 0. The van der Waals surface area contributed by atoms with Crippen LogP contribution < -0.4 is 0 Å². The second-order valence-corrected chi connectivity index (χ2v) is 4.79. The Morgan fingerprint density at radius 3 is 2.75 bits per heavy atom. The molecule has 2 rings (SSSR count). The monoisotopic (exact) mass is 213 g/mol. The van der Waals surface area contributed by atoms with Crippen LogP contribution in [0.5, 0.6) is 0 Å². The molecule has 0 aliphatic rings. The lowest BCUT2D eigenvalue weighted by atomic mass is 9.98. The molecule has 0 atom stereocenters. The van der Waals surface area contributed by atoms with Gasteiger partial charge in [-0.25, -0.2) is 4.68 Å². The first kappa shape index (κ1) is 10.7. The van der Waals surface area contributed by atoms with E-state index in [2.05, 4.69) is 42.9 Å². The topological polar surface area (TPSA) is 30.7 Å². The Morgan fingerprint density at radius 1 is 1.25 bits per heavy atom. The highest BCUT2D eigenvalue weighted by Gasteiger charge is 2.04. The summed E-state index contributed by atoms with van der Waals surface area (Å²) in [5.41, 5.74) is 1.99. The lowest BCUT2D eigenvalue weighted by Gasteiger charge is -2.06. The number of rotatable bonds is 1. The molecule has 16 heavy (non-hydrogen) atoms. The molecule has 0 radical (unpaired) electrons. The van der Waals surface area contributed by atoms with Crippen LogP contribution in [0.3, 0.4) is 0 Å². The molecular formula is C13H15N3. The number of para-hydroxylation sites is 1. The predicted octanol–water partition coefficient (Wildman–Crippen LogP) is 2.48. The third-order valence-electron chi connectivity index (χ3n) is 2.11. The van der Waals surface area contributed by atoms with Crippen LogP contribution in [-0.2, 0) is 6.54 Å². The largest absolute Gasteiger partial charge is 0.233 e. The molecule has 3 nitrogen and oxygen atoms in total. The molecule has 0 amide bonds. The molecule has 0 spiro atoms. The minimum Gasteiger partial charge on any atom is -0.233 e. The highest BCUT2D eigenvalue weighted by Crippen LogP contribution is 2.11. The van der Waals surface area contributed by atoms with Gasteiger partial charge in [-0.2, -0.15) is 0 Å².